The van der Waals surface area contributed by atoms with Crippen molar-refractivity contribution in [2.24, 2.45) is 0 Å². The Morgan fingerprint density at radius 3 is 2.30 bits per heavy atom. The van der Waals surface area contributed by atoms with Crippen LogP contribution in [-0.2, 0) is 0 Å². The van der Waals surface area contributed by atoms with E-state index in [1.165, 1.54) is 0 Å². The number of hydrogen-bond acceptors (Lipinski definition) is 1. The molecule has 2 aromatic carbocycles. The Kier molecular flexibility index (Phi) is 4.30. The fourth-order valence-corrected chi connectivity index (χ4v) is 2.25. The monoisotopic (exact) mass is 288 g/mol. The molecule has 0 spiro atoms. The molecule has 0 aromatic heterocycles. The maximum atomic E-state index is 12.0. The number of aryl methyl sites for hydroxylation is 2. The van der Waals surface area contributed by atoms with Gasteiger partial charge in [0.25, 0.3) is 0 Å². The van der Waals surface area contributed by atoms with Crippen LogP contribution in [0.5, 0.6) is 0 Å². The third kappa shape index (κ3) is 3.52. The van der Waals surface area contributed by atoms with Crippen LogP contribution in [0.4, 0.5) is 16.2 Å². The van der Waals surface area contributed by atoms with Crippen molar-refractivity contribution in [3.8, 4) is 0 Å². The van der Waals surface area contributed by atoms with E-state index in [9.17, 15) is 4.79 Å². The molecule has 2 N–H and O–H groups in total. The minimum absolute atomic E-state index is 0.277. The molecule has 0 radical (unpaired) electrons. The summed E-state index contributed by atoms with van der Waals surface area (Å²) in [6.07, 6.45) is 0. The van der Waals surface area contributed by atoms with Crippen LogP contribution in [0.2, 0.25) is 5.02 Å². The number of rotatable bonds is 2. The molecule has 20 heavy (non-hydrogen) atoms. The number of carbonyl (C=O) groups is 1. The van der Waals surface area contributed by atoms with Gasteiger partial charge in [-0.15, -0.1) is 0 Å². The summed E-state index contributed by atoms with van der Waals surface area (Å²) < 4.78 is 0. The number of anilines is 2. The van der Waals surface area contributed by atoms with Gasteiger partial charge in [0.1, 0.15) is 0 Å². The predicted octanol–water partition coefficient (Wildman–Crippen LogP) is 4.91. The first-order valence-electron chi connectivity index (χ1n) is 6.37. The van der Waals surface area contributed by atoms with Crippen LogP contribution in [0.3, 0.4) is 0 Å². The van der Waals surface area contributed by atoms with Crippen LogP contribution in [0.25, 0.3) is 0 Å². The molecule has 0 bridgehead atoms. The lowest BCUT2D eigenvalue weighted by Gasteiger charge is -2.11. The minimum Gasteiger partial charge on any atom is -0.308 e. The smallest absolute Gasteiger partial charge is 0.308 e. The number of hydrogen-bond donors (Lipinski definition) is 2. The van der Waals surface area contributed by atoms with E-state index in [2.05, 4.69) is 16.7 Å². The largest absolute Gasteiger partial charge is 0.323 e. The van der Waals surface area contributed by atoms with E-state index in [-0.39, 0.29) is 6.03 Å². The van der Waals surface area contributed by atoms with Crippen LogP contribution in [0, 0.1) is 20.8 Å². The molecular weight excluding hydrogens is 272 g/mol. The molecule has 0 aliphatic carbocycles. The minimum atomic E-state index is -0.277. The Balaban J connectivity index is 2.11. The normalized spacial score (nSPS) is 10.2. The molecule has 0 atom stereocenters. The molecule has 2 rings (SSSR count). The lowest BCUT2D eigenvalue weighted by atomic mass is 10.1. The van der Waals surface area contributed by atoms with Gasteiger partial charge in [0.05, 0.1) is 0 Å². The summed E-state index contributed by atoms with van der Waals surface area (Å²) in [7, 11) is 0. The van der Waals surface area contributed by atoms with Gasteiger partial charge in [0.15, 0.2) is 0 Å². The number of carbonyl (C=O) groups excluding carboxylic acids is 1. The highest BCUT2D eigenvalue weighted by Gasteiger charge is 2.07. The quantitative estimate of drug-likeness (QED) is 0.810. The van der Waals surface area contributed by atoms with E-state index in [4.69, 9.17) is 11.6 Å². The van der Waals surface area contributed by atoms with Crippen molar-refractivity contribution >= 4 is 29.0 Å². The van der Waals surface area contributed by atoms with Crippen molar-refractivity contribution in [1.82, 2.24) is 0 Å². The molecule has 0 aliphatic rings. The van der Waals surface area contributed by atoms with Gasteiger partial charge < -0.3 is 10.6 Å². The zero-order chi connectivity index (χ0) is 14.7. The van der Waals surface area contributed by atoms with E-state index in [1.807, 2.05) is 45.0 Å². The van der Waals surface area contributed by atoms with E-state index >= 15 is 0 Å². The maximum absolute atomic E-state index is 12.0. The lowest BCUT2D eigenvalue weighted by molar-refractivity contribution is 0.262. The third-order valence-electron chi connectivity index (χ3n) is 3.00. The fourth-order valence-electron chi connectivity index (χ4n) is 2.07. The number of amides is 2. The second-order valence-electron chi connectivity index (χ2n) is 4.87. The molecule has 0 saturated heterocycles. The molecule has 2 aromatic rings. The van der Waals surface area contributed by atoms with Gasteiger partial charge in [-0.05, 0) is 61.7 Å². The Morgan fingerprint density at radius 1 is 1.00 bits per heavy atom. The highest BCUT2D eigenvalue weighted by atomic mass is 35.5. The van der Waals surface area contributed by atoms with E-state index in [1.54, 1.807) is 6.07 Å². The van der Waals surface area contributed by atoms with Crippen molar-refractivity contribution in [1.29, 1.82) is 0 Å². The predicted molar refractivity (Wildman–Crippen MR) is 84.7 cm³/mol. The van der Waals surface area contributed by atoms with Crippen LogP contribution in [-0.4, -0.2) is 6.03 Å². The average molecular weight is 289 g/mol. The Labute approximate surface area is 124 Å². The van der Waals surface area contributed by atoms with Gasteiger partial charge in [0, 0.05) is 16.4 Å². The molecule has 0 aliphatic heterocycles. The summed E-state index contributed by atoms with van der Waals surface area (Å²) in [5.41, 5.74) is 4.56. The molecule has 0 heterocycles. The standard InChI is InChI=1S/C16H17ClN2O/c1-10-7-11(2)9-13(8-10)18-16(20)19-15-6-4-5-14(17)12(15)3/h4-9H,1-3H3,(H2,18,19,20). The van der Waals surface area contributed by atoms with Crippen molar-refractivity contribution in [3.63, 3.8) is 0 Å². The Bertz CT molecular complexity index is 633. The SMILES string of the molecule is Cc1cc(C)cc(NC(=O)Nc2cccc(Cl)c2C)c1. The van der Waals surface area contributed by atoms with Gasteiger partial charge in [0.2, 0.25) is 0 Å². The third-order valence-corrected chi connectivity index (χ3v) is 3.40. The molecule has 0 saturated carbocycles. The first-order valence-corrected chi connectivity index (χ1v) is 6.75. The van der Waals surface area contributed by atoms with Gasteiger partial charge >= 0.3 is 6.03 Å². The summed E-state index contributed by atoms with van der Waals surface area (Å²) in [6.45, 7) is 5.86. The first-order chi connectivity index (χ1) is 9.45. The van der Waals surface area contributed by atoms with E-state index in [0.29, 0.717) is 10.7 Å². The highest BCUT2D eigenvalue weighted by Crippen LogP contribution is 2.23. The van der Waals surface area contributed by atoms with Crippen molar-refractivity contribution in [3.05, 3.63) is 58.1 Å². The molecule has 104 valence electrons. The van der Waals surface area contributed by atoms with Crippen LogP contribution >= 0.6 is 11.6 Å². The molecule has 2 amide bonds. The first kappa shape index (κ1) is 14.4. The molecule has 4 heteroatoms. The van der Waals surface area contributed by atoms with Crippen molar-refractivity contribution in [2.75, 3.05) is 10.6 Å². The number of nitrogens with one attached hydrogen (secondary N) is 2. The van der Waals surface area contributed by atoms with Gasteiger partial charge in [-0.2, -0.15) is 0 Å². The zero-order valence-corrected chi connectivity index (χ0v) is 12.5. The summed E-state index contributed by atoms with van der Waals surface area (Å²) >= 11 is 6.03. The van der Waals surface area contributed by atoms with Gasteiger partial charge in [-0.25, -0.2) is 4.79 Å². The summed E-state index contributed by atoms with van der Waals surface area (Å²) in [6, 6.07) is 11.1. The summed E-state index contributed by atoms with van der Waals surface area (Å²) in [5.74, 6) is 0. The summed E-state index contributed by atoms with van der Waals surface area (Å²) in [5, 5.41) is 6.26. The molecule has 0 unspecified atom stereocenters. The summed E-state index contributed by atoms with van der Waals surface area (Å²) in [4.78, 5) is 12.0. The fraction of sp³-hybridized carbons (Fsp3) is 0.188. The Hall–Kier alpha value is -2.00. The Morgan fingerprint density at radius 2 is 1.65 bits per heavy atom. The molecule has 0 fully saturated rings. The maximum Gasteiger partial charge on any atom is 0.323 e. The topological polar surface area (TPSA) is 41.1 Å². The van der Waals surface area contributed by atoms with Crippen molar-refractivity contribution in [2.45, 2.75) is 20.8 Å². The second-order valence-corrected chi connectivity index (χ2v) is 5.28. The molecular formula is C16H17ClN2O. The van der Waals surface area contributed by atoms with E-state index < -0.39 is 0 Å². The van der Waals surface area contributed by atoms with Crippen LogP contribution < -0.4 is 10.6 Å². The van der Waals surface area contributed by atoms with Crippen molar-refractivity contribution < 1.29 is 4.79 Å². The van der Waals surface area contributed by atoms with Gasteiger partial charge in [-0.3, -0.25) is 0 Å². The molecule has 3 nitrogen and oxygen atoms in total. The number of benzene rings is 2. The second kappa shape index (κ2) is 5.97. The average Bonchev–Trinajstić information content (AvgIpc) is 2.33. The van der Waals surface area contributed by atoms with E-state index in [0.717, 1.165) is 22.4 Å². The number of urea groups is 1. The van der Waals surface area contributed by atoms with Gasteiger partial charge in [-0.1, -0.05) is 23.7 Å². The van der Waals surface area contributed by atoms with Crippen LogP contribution in [0.1, 0.15) is 16.7 Å². The number of halogens is 1. The zero-order valence-electron chi connectivity index (χ0n) is 11.8. The lowest BCUT2D eigenvalue weighted by Crippen LogP contribution is -2.20. The highest BCUT2D eigenvalue weighted by molar-refractivity contribution is 6.31. The van der Waals surface area contributed by atoms with Crippen LogP contribution in [0.15, 0.2) is 36.4 Å².